The Balaban J connectivity index is 1.57. The Morgan fingerprint density at radius 1 is 1.32 bits per heavy atom. The van der Waals surface area contributed by atoms with E-state index in [0.29, 0.717) is 22.1 Å². The summed E-state index contributed by atoms with van der Waals surface area (Å²) in [5.74, 6) is 0.383. The van der Waals surface area contributed by atoms with Gasteiger partial charge in [0.25, 0.3) is 5.91 Å². The maximum atomic E-state index is 12.8. The topological polar surface area (TPSA) is 77.1 Å². The fourth-order valence-electron chi connectivity index (χ4n) is 3.47. The number of fused-ring (bicyclic) bond motifs is 2. The minimum atomic E-state index is -0.785. The normalized spacial score (nSPS) is 18.3. The van der Waals surface area contributed by atoms with E-state index in [-0.39, 0.29) is 12.5 Å². The van der Waals surface area contributed by atoms with Gasteiger partial charge in [0.05, 0.1) is 12.7 Å². The molecule has 0 spiro atoms. The van der Waals surface area contributed by atoms with Gasteiger partial charge in [-0.25, -0.2) is 4.79 Å². The van der Waals surface area contributed by atoms with Crippen molar-refractivity contribution in [3.8, 4) is 11.5 Å². The van der Waals surface area contributed by atoms with Crippen LogP contribution in [0.15, 0.2) is 24.3 Å². The molecule has 7 nitrogen and oxygen atoms in total. The first-order valence-electron chi connectivity index (χ1n) is 9.25. The third-order valence-electron chi connectivity index (χ3n) is 5.01. The third kappa shape index (κ3) is 3.45. The molecular weight excluding hydrogens is 380 g/mol. The van der Waals surface area contributed by atoms with E-state index in [9.17, 15) is 9.59 Å². The summed E-state index contributed by atoms with van der Waals surface area (Å²) in [4.78, 5) is 28.6. The minimum Gasteiger partial charge on any atom is -0.485 e. The number of hydrogen-bond donors (Lipinski definition) is 1. The third-order valence-corrected chi connectivity index (χ3v) is 6.14. The van der Waals surface area contributed by atoms with Crippen LogP contribution < -0.4 is 14.8 Å². The highest BCUT2D eigenvalue weighted by Crippen LogP contribution is 2.38. The van der Waals surface area contributed by atoms with Crippen LogP contribution in [0.25, 0.3) is 0 Å². The summed E-state index contributed by atoms with van der Waals surface area (Å²) in [5, 5.41) is 3.39. The average Bonchev–Trinajstić information content (AvgIpc) is 3.09. The zero-order chi connectivity index (χ0) is 19.7. The zero-order valence-electron chi connectivity index (χ0n) is 15.8. The molecule has 1 amide bonds. The van der Waals surface area contributed by atoms with Crippen molar-refractivity contribution < 1.29 is 23.8 Å². The van der Waals surface area contributed by atoms with Gasteiger partial charge in [0.2, 0.25) is 6.10 Å². The number of hydrogen-bond acceptors (Lipinski definition) is 7. The fraction of sp³-hybridized carbons (Fsp3) is 0.400. The summed E-state index contributed by atoms with van der Waals surface area (Å²) in [6.07, 6.45) is -0.0252. The van der Waals surface area contributed by atoms with Crippen molar-refractivity contribution in [3.63, 3.8) is 0 Å². The van der Waals surface area contributed by atoms with E-state index in [1.807, 2.05) is 12.1 Å². The maximum absolute atomic E-state index is 12.8. The van der Waals surface area contributed by atoms with Crippen LogP contribution in [0.4, 0.5) is 5.00 Å². The molecule has 0 bridgehead atoms. The van der Waals surface area contributed by atoms with Gasteiger partial charge < -0.3 is 19.5 Å². The molecule has 1 aromatic carbocycles. The molecular formula is C20H22N2O5S. The van der Waals surface area contributed by atoms with Crippen molar-refractivity contribution in [2.45, 2.75) is 26.0 Å². The first-order chi connectivity index (χ1) is 13.6. The quantitative estimate of drug-likeness (QED) is 0.793. The lowest BCUT2D eigenvalue weighted by Crippen LogP contribution is -2.40. The Morgan fingerprint density at radius 3 is 2.86 bits per heavy atom. The first kappa shape index (κ1) is 18.8. The van der Waals surface area contributed by atoms with Gasteiger partial charge in [-0.1, -0.05) is 19.1 Å². The van der Waals surface area contributed by atoms with Crippen LogP contribution in [0.5, 0.6) is 11.5 Å². The predicted molar refractivity (Wildman–Crippen MR) is 105 cm³/mol. The number of benzene rings is 1. The molecule has 0 aliphatic carbocycles. The molecule has 1 aromatic heterocycles. The summed E-state index contributed by atoms with van der Waals surface area (Å²) in [6.45, 7) is 4.83. The molecule has 148 valence electrons. The Morgan fingerprint density at radius 2 is 2.11 bits per heavy atom. The van der Waals surface area contributed by atoms with E-state index in [2.05, 4.69) is 17.1 Å². The lowest BCUT2D eigenvalue weighted by molar-refractivity contribution is -0.125. The number of amides is 1. The van der Waals surface area contributed by atoms with Crippen LogP contribution in [0.2, 0.25) is 0 Å². The number of methoxy groups -OCH3 is 1. The fourth-order valence-corrected chi connectivity index (χ4v) is 4.75. The number of rotatable bonds is 4. The molecule has 0 fully saturated rings. The van der Waals surface area contributed by atoms with Crippen molar-refractivity contribution >= 4 is 28.2 Å². The number of likely N-dealkylation sites (N-methyl/N-ethyl adjacent to an activating group) is 1. The Labute approximate surface area is 167 Å². The molecule has 0 saturated heterocycles. The molecule has 2 aromatic rings. The first-order valence-corrected chi connectivity index (χ1v) is 10.1. The van der Waals surface area contributed by atoms with Crippen molar-refractivity contribution in [1.82, 2.24) is 4.90 Å². The molecule has 1 atom stereocenters. The average molecular weight is 402 g/mol. The molecule has 2 aliphatic heterocycles. The Hall–Kier alpha value is -2.58. The smallest absolute Gasteiger partial charge is 0.341 e. The van der Waals surface area contributed by atoms with Crippen molar-refractivity contribution in [3.05, 3.63) is 40.3 Å². The van der Waals surface area contributed by atoms with E-state index in [0.717, 1.165) is 36.5 Å². The Bertz CT molecular complexity index is 910. The van der Waals surface area contributed by atoms with Crippen molar-refractivity contribution in [1.29, 1.82) is 0 Å². The van der Waals surface area contributed by atoms with Crippen molar-refractivity contribution in [2.24, 2.45) is 0 Å². The van der Waals surface area contributed by atoms with Crippen LogP contribution in [-0.4, -0.2) is 49.7 Å². The van der Waals surface area contributed by atoms with Crippen LogP contribution >= 0.6 is 11.3 Å². The SMILES string of the molecule is CCN1CCc2c(sc(NC(=O)C3COc4ccccc4O3)c2C(=O)OC)C1. The highest BCUT2D eigenvalue weighted by Gasteiger charge is 2.32. The molecule has 0 saturated carbocycles. The zero-order valence-corrected chi connectivity index (χ0v) is 16.6. The molecule has 4 rings (SSSR count). The van der Waals surface area contributed by atoms with E-state index < -0.39 is 12.1 Å². The number of nitrogens with zero attached hydrogens (tertiary/aromatic N) is 1. The van der Waals surface area contributed by atoms with Gasteiger partial charge in [-0.2, -0.15) is 0 Å². The minimum absolute atomic E-state index is 0.116. The summed E-state index contributed by atoms with van der Waals surface area (Å²) in [6, 6.07) is 7.23. The van der Waals surface area contributed by atoms with Crippen molar-refractivity contribution in [2.75, 3.05) is 32.1 Å². The summed E-state index contributed by atoms with van der Waals surface area (Å²) in [7, 11) is 1.36. The summed E-state index contributed by atoms with van der Waals surface area (Å²) < 4.78 is 16.4. The summed E-state index contributed by atoms with van der Waals surface area (Å²) in [5.41, 5.74) is 1.44. The van der Waals surface area contributed by atoms with E-state index in [4.69, 9.17) is 14.2 Å². The van der Waals surface area contributed by atoms with Gasteiger partial charge in [0.1, 0.15) is 11.6 Å². The van der Waals surface area contributed by atoms with Gasteiger partial charge >= 0.3 is 5.97 Å². The number of esters is 1. The number of anilines is 1. The number of carbonyl (C=O) groups excluding carboxylic acids is 2. The number of nitrogens with one attached hydrogen (secondary N) is 1. The molecule has 1 N–H and O–H groups in total. The van der Waals surface area contributed by atoms with E-state index in [1.165, 1.54) is 18.4 Å². The molecule has 28 heavy (non-hydrogen) atoms. The maximum Gasteiger partial charge on any atom is 0.341 e. The van der Waals surface area contributed by atoms with Gasteiger partial charge in [-0.15, -0.1) is 11.3 Å². The molecule has 0 radical (unpaired) electrons. The van der Waals surface area contributed by atoms with Crippen LogP contribution in [-0.2, 0) is 22.5 Å². The molecule has 8 heteroatoms. The largest absolute Gasteiger partial charge is 0.485 e. The second kappa shape index (κ2) is 7.81. The second-order valence-electron chi connectivity index (χ2n) is 6.67. The summed E-state index contributed by atoms with van der Waals surface area (Å²) >= 11 is 1.43. The van der Waals surface area contributed by atoms with Crippen LogP contribution in [0.3, 0.4) is 0 Å². The lowest BCUT2D eigenvalue weighted by atomic mass is 10.0. The molecule has 3 heterocycles. The number of para-hydroxylation sites is 2. The number of ether oxygens (including phenoxy) is 3. The van der Waals surface area contributed by atoms with Gasteiger partial charge in [-0.3, -0.25) is 9.69 Å². The predicted octanol–water partition coefficient (Wildman–Crippen LogP) is 2.69. The standard InChI is InChI=1S/C20H22N2O5S/c1-3-22-9-8-12-16(10-22)28-19(17(12)20(24)25-2)21-18(23)15-11-26-13-6-4-5-7-14(13)27-15/h4-7,15H,3,8-11H2,1-2H3,(H,21,23). The van der Waals surface area contributed by atoms with E-state index >= 15 is 0 Å². The Kier molecular flexibility index (Phi) is 5.23. The van der Waals surface area contributed by atoms with Crippen LogP contribution in [0.1, 0.15) is 27.7 Å². The number of carbonyl (C=O) groups is 2. The van der Waals surface area contributed by atoms with Gasteiger partial charge in [-0.05, 0) is 30.7 Å². The van der Waals surface area contributed by atoms with Gasteiger partial charge in [0.15, 0.2) is 11.5 Å². The monoisotopic (exact) mass is 402 g/mol. The highest BCUT2D eigenvalue weighted by molar-refractivity contribution is 7.17. The lowest BCUT2D eigenvalue weighted by Gasteiger charge is -2.25. The second-order valence-corrected chi connectivity index (χ2v) is 7.78. The highest BCUT2D eigenvalue weighted by atomic mass is 32.1. The number of thiophene rings is 1. The van der Waals surface area contributed by atoms with Gasteiger partial charge in [0, 0.05) is 18.0 Å². The van der Waals surface area contributed by atoms with E-state index in [1.54, 1.807) is 12.1 Å². The molecule has 2 aliphatic rings. The molecule has 1 unspecified atom stereocenters. The van der Waals surface area contributed by atoms with Crippen LogP contribution in [0, 0.1) is 0 Å².